The monoisotopic (exact) mass is 253 g/mol. The second-order valence-electron chi connectivity index (χ2n) is 5.93. The highest BCUT2D eigenvalue weighted by atomic mass is 16.6. The number of carbonyl (C=O) groups excluding carboxylic acids is 2. The molecule has 4 nitrogen and oxygen atoms in total. The van der Waals surface area contributed by atoms with Gasteiger partial charge in [-0.1, -0.05) is 18.9 Å². The van der Waals surface area contributed by atoms with Gasteiger partial charge in [-0.3, -0.25) is 4.79 Å². The summed E-state index contributed by atoms with van der Waals surface area (Å²) < 4.78 is 5.26. The number of ether oxygens (including phenoxy) is 1. The average molecular weight is 253 g/mol. The smallest absolute Gasteiger partial charge is 0.408 e. The summed E-state index contributed by atoms with van der Waals surface area (Å²) in [6, 6.07) is 0. The Balaban J connectivity index is 2.69. The maximum atomic E-state index is 11.8. The summed E-state index contributed by atoms with van der Waals surface area (Å²) in [6.07, 6.45) is 6.74. The standard InChI is InChI=1S/C14H23NO3/c1-11(16)7-10-14(8-5-6-9-14)15-12(17)18-13(2,3)4/h7,10H,5-6,8-9H2,1-4H3,(H,15,17)/b10-7+. The van der Waals surface area contributed by atoms with E-state index in [4.69, 9.17) is 4.74 Å². The van der Waals surface area contributed by atoms with Crippen LogP contribution in [0.25, 0.3) is 0 Å². The Morgan fingerprint density at radius 2 is 1.78 bits per heavy atom. The molecule has 1 fully saturated rings. The first-order valence-electron chi connectivity index (χ1n) is 6.43. The number of ketones is 1. The van der Waals surface area contributed by atoms with Crippen molar-refractivity contribution in [3.8, 4) is 0 Å². The number of nitrogens with one attached hydrogen (secondary N) is 1. The van der Waals surface area contributed by atoms with Crippen LogP contribution >= 0.6 is 0 Å². The molecule has 0 aliphatic heterocycles. The van der Waals surface area contributed by atoms with Crippen LogP contribution in [0.2, 0.25) is 0 Å². The summed E-state index contributed by atoms with van der Waals surface area (Å²) in [6.45, 7) is 7.00. The van der Waals surface area contributed by atoms with E-state index in [-0.39, 0.29) is 5.78 Å². The molecule has 0 aromatic rings. The molecule has 0 spiro atoms. The molecule has 1 aliphatic carbocycles. The van der Waals surface area contributed by atoms with Crippen LogP contribution in [0.15, 0.2) is 12.2 Å². The molecule has 1 amide bonds. The molecule has 0 unspecified atom stereocenters. The summed E-state index contributed by atoms with van der Waals surface area (Å²) in [4.78, 5) is 22.8. The topological polar surface area (TPSA) is 55.4 Å². The van der Waals surface area contributed by atoms with Gasteiger partial charge in [0.05, 0.1) is 5.54 Å². The third-order valence-corrected chi connectivity index (χ3v) is 2.88. The minimum Gasteiger partial charge on any atom is -0.444 e. The number of amides is 1. The Bertz CT molecular complexity index is 347. The number of rotatable bonds is 3. The van der Waals surface area contributed by atoms with Gasteiger partial charge in [0.25, 0.3) is 0 Å². The van der Waals surface area contributed by atoms with E-state index in [2.05, 4.69) is 5.32 Å². The van der Waals surface area contributed by atoms with E-state index in [1.807, 2.05) is 26.8 Å². The zero-order valence-electron chi connectivity index (χ0n) is 11.7. The Kier molecular flexibility index (Phi) is 4.54. The van der Waals surface area contributed by atoms with E-state index >= 15 is 0 Å². The third kappa shape index (κ3) is 4.90. The van der Waals surface area contributed by atoms with Crippen molar-refractivity contribution in [2.75, 3.05) is 0 Å². The van der Waals surface area contributed by atoms with Gasteiger partial charge < -0.3 is 10.1 Å². The molecular weight excluding hydrogens is 230 g/mol. The normalized spacial score (nSPS) is 18.9. The molecule has 1 aliphatic rings. The Morgan fingerprint density at radius 1 is 1.22 bits per heavy atom. The predicted octanol–water partition coefficient (Wildman–Crippen LogP) is 2.97. The quantitative estimate of drug-likeness (QED) is 0.787. The minimum absolute atomic E-state index is 0.00716. The third-order valence-electron chi connectivity index (χ3n) is 2.88. The van der Waals surface area contributed by atoms with Gasteiger partial charge in [-0.15, -0.1) is 0 Å². The van der Waals surface area contributed by atoms with E-state index in [9.17, 15) is 9.59 Å². The van der Waals surface area contributed by atoms with Gasteiger partial charge in [0.2, 0.25) is 0 Å². The van der Waals surface area contributed by atoms with Crippen molar-refractivity contribution in [3.05, 3.63) is 12.2 Å². The van der Waals surface area contributed by atoms with Crippen LogP contribution in [0.1, 0.15) is 53.4 Å². The maximum Gasteiger partial charge on any atom is 0.408 e. The summed E-state index contributed by atoms with van der Waals surface area (Å²) in [7, 11) is 0. The van der Waals surface area contributed by atoms with Gasteiger partial charge in [0.1, 0.15) is 5.60 Å². The second kappa shape index (κ2) is 5.55. The van der Waals surface area contributed by atoms with E-state index in [1.165, 1.54) is 13.0 Å². The van der Waals surface area contributed by atoms with Crippen LogP contribution in [0.5, 0.6) is 0 Å². The van der Waals surface area contributed by atoms with E-state index in [1.54, 1.807) is 0 Å². The summed E-state index contributed by atoms with van der Waals surface area (Å²) in [5, 5.41) is 2.90. The number of allylic oxidation sites excluding steroid dienone is 1. The molecule has 1 saturated carbocycles. The second-order valence-corrected chi connectivity index (χ2v) is 5.93. The molecule has 4 heteroatoms. The molecule has 1 rings (SSSR count). The van der Waals surface area contributed by atoms with Crippen LogP contribution in [0.3, 0.4) is 0 Å². The number of carbonyl (C=O) groups is 2. The van der Waals surface area contributed by atoms with Crippen molar-refractivity contribution >= 4 is 11.9 Å². The lowest BCUT2D eigenvalue weighted by Crippen LogP contribution is -2.47. The van der Waals surface area contributed by atoms with E-state index < -0.39 is 17.2 Å². The van der Waals surface area contributed by atoms with Crippen molar-refractivity contribution in [1.29, 1.82) is 0 Å². The molecule has 0 radical (unpaired) electrons. The molecule has 18 heavy (non-hydrogen) atoms. The van der Waals surface area contributed by atoms with Gasteiger partial charge >= 0.3 is 6.09 Å². The first kappa shape index (κ1) is 14.7. The maximum absolute atomic E-state index is 11.8. The lowest BCUT2D eigenvalue weighted by molar-refractivity contribution is -0.112. The summed E-state index contributed by atoms with van der Waals surface area (Å²) >= 11 is 0. The molecule has 0 aromatic heterocycles. The van der Waals surface area contributed by atoms with Gasteiger partial charge in [0.15, 0.2) is 5.78 Å². The summed E-state index contributed by atoms with van der Waals surface area (Å²) in [5.74, 6) is -0.00716. The average Bonchev–Trinajstić information content (AvgIpc) is 2.61. The van der Waals surface area contributed by atoms with E-state index in [0.717, 1.165) is 25.7 Å². The molecular formula is C14H23NO3. The van der Waals surface area contributed by atoms with Crippen molar-refractivity contribution in [3.63, 3.8) is 0 Å². The van der Waals surface area contributed by atoms with Crippen LogP contribution < -0.4 is 5.32 Å². The highest BCUT2D eigenvalue weighted by molar-refractivity contribution is 5.87. The first-order valence-corrected chi connectivity index (χ1v) is 6.43. The Morgan fingerprint density at radius 3 is 2.22 bits per heavy atom. The SMILES string of the molecule is CC(=O)/C=C/C1(NC(=O)OC(C)(C)C)CCCC1. The van der Waals surface area contributed by atoms with Crippen LogP contribution in [-0.4, -0.2) is 23.0 Å². The number of hydrogen-bond donors (Lipinski definition) is 1. The number of alkyl carbamates (subject to hydrolysis) is 1. The number of hydrogen-bond acceptors (Lipinski definition) is 3. The van der Waals surface area contributed by atoms with Gasteiger partial charge in [0, 0.05) is 0 Å². The van der Waals surface area contributed by atoms with Crippen LogP contribution in [-0.2, 0) is 9.53 Å². The highest BCUT2D eigenvalue weighted by Gasteiger charge is 2.34. The molecule has 0 aromatic carbocycles. The Hall–Kier alpha value is -1.32. The fourth-order valence-electron chi connectivity index (χ4n) is 2.12. The molecule has 0 atom stereocenters. The predicted molar refractivity (Wildman–Crippen MR) is 70.4 cm³/mol. The van der Waals surface area contributed by atoms with Crippen molar-refractivity contribution < 1.29 is 14.3 Å². The fraction of sp³-hybridized carbons (Fsp3) is 0.714. The molecule has 102 valence electrons. The molecule has 1 N–H and O–H groups in total. The zero-order valence-corrected chi connectivity index (χ0v) is 11.7. The van der Waals surface area contributed by atoms with Crippen LogP contribution in [0, 0.1) is 0 Å². The van der Waals surface area contributed by atoms with Gasteiger partial charge in [-0.2, -0.15) is 0 Å². The summed E-state index contributed by atoms with van der Waals surface area (Å²) in [5.41, 5.74) is -0.915. The largest absolute Gasteiger partial charge is 0.444 e. The van der Waals surface area contributed by atoms with Crippen molar-refractivity contribution in [2.45, 2.75) is 64.5 Å². The van der Waals surface area contributed by atoms with E-state index in [0.29, 0.717) is 0 Å². The lowest BCUT2D eigenvalue weighted by Gasteiger charge is -2.29. The van der Waals surface area contributed by atoms with Gasteiger partial charge in [-0.25, -0.2) is 4.79 Å². The minimum atomic E-state index is -0.506. The van der Waals surface area contributed by atoms with Gasteiger partial charge in [-0.05, 0) is 46.6 Å². The lowest BCUT2D eigenvalue weighted by atomic mass is 9.97. The fourth-order valence-corrected chi connectivity index (χ4v) is 2.12. The first-order chi connectivity index (χ1) is 8.22. The van der Waals surface area contributed by atoms with Crippen molar-refractivity contribution in [2.24, 2.45) is 0 Å². The molecule has 0 saturated heterocycles. The highest BCUT2D eigenvalue weighted by Crippen LogP contribution is 2.31. The van der Waals surface area contributed by atoms with Crippen LogP contribution in [0.4, 0.5) is 4.79 Å². The van der Waals surface area contributed by atoms with Crippen molar-refractivity contribution in [1.82, 2.24) is 5.32 Å². The molecule has 0 heterocycles. The molecule has 0 bridgehead atoms. The Labute approximate surface area is 109 Å². The zero-order chi connectivity index (χ0) is 13.8.